The van der Waals surface area contributed by atoms with E-state index in [0.717, 1.165) is 6.54 Å². The van der Waals surface area contributed by atoms with Gasteiger partial charge in [-0.05, 0) is 38.0 Å². The van der Waals surface area contributed by atoms with Crippen molar-refractivity contribution in [2.45, 2.75) is 32.9 Å². The Morgan fingerprint density at radius 1 is 1.20 bits per heavy atom. The average molecular weight is 289 g/mol. The molecular formula is C17H23NOS. The van der Waals surface area contributed by atoms with E-state index < -0.39 is 0 Å². The smallest absolute Gasteiger partial charge is 0.0683 e. The summed E-state index contributed by atoms with van der Waals surface area (Å²) in [6.07, 6.45) is 0. The Bertz CT molecular complexity index is 549. The van der Waals surface area contributed by atoms with E-state index in [2.05, 4.69) is 56.4 Å². The molecule has 0 radical (unpaired) electrons. The number of methoxy groups -OCH3 is 1. The summed E-state index contributed by atoms with van der Waals surface area (Å²) in [7, 11) is 1.75. The second-order valence-corrected chi connectivity index (χ2v) is 6.88. The normalized spacial score (nSPS) is 14.2. The van der Waals surface area contributed by atoms with Gasteiger partial charge in [-0.25, -0.2) is 0 Å². The molecule has 0 saturated carbocycles. The molecule has 2 nitrogen and oxygen atoms in total. The van der Waals surface area contributed by atoms with Crippen LogP contribution in [-0.4, -0.2) is 13.7 Å². The van der Waals surface area contributed by atoms with Gasteiger partial charge < -0.3 is 10.1 Å². The number of ether oxygens (including phenoxy) is 1. The molecule has 20 heavy (non-hydrogen) atoms. The van der Waals surface area contributed by atoms with Crippen LogP contribution in [0.2, 0.25) is 0 Å². The Labute approximate surface area is 125 Å². The second kappa shape index (κ2) is 6.53. The van der Waals surface area contributed by atoms with E-state index in [9.17, 15) is 0 Å². The summed E-state index contributed by atoms with van der Waals surface area (Å²) >= 11 is 1.86. The van der Waals surface area contributed by atoms with Gasteiger partial charge in [-0.15, -0.1) is 11.3 Å². The molecule has 0 aliphatic rings. The summed E-state index contributed by atoms with van der Waals surface area (Å²) in [6.45, 7) is 8.06. The van der Waals surface area contributed by atoms with Crippen LogP contribution in [0, 0.1) is 13.8 Å². The van der Waals surface area contributed by atoms with E-state index in [0.29, 0.717) is 6.61 Å². The Kier molecular flexibility index (Phi) is 4.97. The molecule has 0 aliphatic heterocycles. The molecule has 1 aromatic carbocycles. The molecule has 0 fully saturated rings. The van der Waals surface area contributed by atoms with Gasteiger partial charge >= 0.3 is 0 Å². The van der Waals surface area contributed by atoms with Gasteiger partial charge in [0.1, 0.15) is 0 Å². The number of nitrogens with one attached hydrogen (secondary N) is 1. The Balaban J connectivity index is 2.15. The molecule has 0 unspecified atom stereocenters. The van der Waals surface area contributed by atoms with Gasteiger partial charge in [0.15, 0.2) is 0 Å². The number of rotatable bonds is 6. The minimum Gasteiger partial charge on any atom is -0.382 e. The van der Waals surface area contributed by atoms with Crippen molar-refractivity contribution in [3.63, 3.8) is 0 Å². The summed E-state index contributed by atoms with van der Waals surface area (Å²) in [5.74, 6) is 0. The molecule has 1 atom stereocenters. The number of aryl methyl sites for hydroxylation is 2. The van der Waals surface area contributed by atoms with Crippen molar-refractivity contribution in [3.05, 3.63) is 57.3 Å². The lowest BCUT2D eigenvalue weighted by atomic mass is 9.92. The lowest BCUT2D eigenvalue weighted by Gasteiger charge is -2.31. The Morgan fingerprint density at radius 3 is 2.45 bits per heavy atom. The standard InChI is InChI=1S/C17H23NOS/c1-13-10-15(14(2)20-13)11-18-17(3,12-19-4)16-8-6-5-7-9-16/h5-10,18H,11-12H2,1-4H3/t17-/m0/s1. The highest BCUT2D eigenvalue weighted by atomic mass is 32.1. The molecule has 0 spiro atoms. The van der Waals surface area contributed by atoms with E-state index in [1.807, 2.05) is 17.4 Å². The van der Waals surface area contributed by atoms with E-state index in [1.54, 1.807) is 7.11 Å². The van der Waals surface area contributed by atoms with Gasteiger partial charge in [0.2, 0.25) is 0 Å². The minimum atomic E-state index is -0.168. The fourth-order valence-electron chi connectivity index (χ4n) is 2.48. The largest absolute Gasteiger partial charge is 0.382 e. The van der Waals surface area contributed by atoms with Crippen molar-refractivity contribution in [3.8, 4) is 0 Å². The zero-order chi connectivity index (χ0) is 14.6. The predicted molar refractivity (Wildman–Crippen MR) is 86.3 cm³/mol. The molecule has 3 heteroatoms. The summed E-state index contributed by atoms with van der Waals surface area (Å²) in [5.41, 5.74) is 2.47. The predicted octanol–water partition coefficient (Wildman–Crippen LogP) is 4.02. The van der Waals surface area contributed by atoms with E-state index >= 15 is 0 Å². The van der Waals surface area contributed by atoms with Crippen LogP contribution in [0.15, 0.2) is 36.4 Å². The number of thiophene rings is 1. The molecule has 0 amide bonds. The van der Waals surface area contributed by atoms with Crippen molar-refractivity contribution >= 4 is 11.3 Å². The monoisotopic (exact) mass is 289 g/mol. The number of hydrogen-bond acceptors (Lipinski definition) is 3. The highest BCUT2D eigenvalue weighted by Gasteiger charge is 2.26. The summed E-state index contributed by atoms with van der Waals surface area (Å²) in [6, 6.07) is 12.8. The highest BCUT2D eigenvalue weighted by molar-refractivity contribution is 7.12. The summed E-state index contributed by atoms with van der Waals surface area (Å²) < 4.78 is 5.43. The van der Waals surface area contributed by atoms with Gasteiger partial charge in [0.25, 0.3) is 0 Å². The first kappa shape index (κ1) is 15.2. The number of hydrogen-bond donors (Lipinski definition) is 1. The van der Waals surface area contributed by atoms with Crippen LogP contribution in [-0.2, 0) is 16.8 Å². The molecular weight excluding hydrogens is 266 g/mol. The van der Waals surface area contributed by atoms with Crippen LogP contribution >= 0.6 is 11.3 Å². The van der Waals surface area contributed by atoms with Crippen LogP contribution in [0.25, 0.3) is 0 Å². The van der Waals surface area contributed by atoms with Crippen LogP contribution in [0.1, 0.15) is 27.8 Å². The third-order valence-corrected chi connectivity index (χ3v) is 4.66. The van der Waals surface area contributed by atoms with Gasteiger partial charge in [-0.2, -0.15) is 0 Å². The summed E-state index contributed by atoms with van der Waals surface area (Å²) in [4.78, 5) is 2.76. The van der Waals surface area contributed by atoms with E-state index in [4.69, 9.17) is 4.74 Å². The number of benzene rings is 1. The quantitative estimate of drug-likeness (QED) is 0.867. The van der Waals surface area contributed by atoms with Gasteiger partial charge in [0.05, 0.1) is 12.1 Å². The third-order valence-electron chi connectivity index (χ3n) is 3.66. The summed E-state index contributed by atoms with van der Waals surface area (Å²) in [5, 5.41) is 3.67. The van der Waals surface area contributed by atoms with Crippen LogP contribution in [0.5, 0.6) is 0 Å². The Hall–Kier alpha value is -1.16. The van der Waals surface area contributed by atoms with Crippen molar-refractivity contribution in [2.75, 3.05) is 13.7 Å². The second-order valence-electron chi connectivity index (χ2n) is 5.42. The molecule has 1 aromatic heterocycles. The molecule has 0 saturated heterocycles. The Morgan fingerprint density at radius 2 is 1.90 bits per heavy atom. The molecule has 2 rings (SSSR count). The molecule has 0 bridgehead atoms. The maximum atomic E-state index is 5.43. The van der Waals surface area contributed by atoms with Crippen LogP contribution in [0.4, 0.5) is 0 Å². The topological polar surface area (TPSA) is 21.3 Å². The lowest BCUT2D eigenvalue weighted by molar-refractivity contribution is 0.117. The maximum absolute atomic E-state index is 5.43. The molecule has 2 aromatic rings. The van der Waals surface area contributed by atoms with E-state index in [-0.39, 0.29) is 5.54 Å². The fourth-order valence-corrected chi connectivity index (χ4v) is 3.43. The first-order valence-corrected chi connectivity index (χ1v) is 7.72. The van der Waals surface area contributed by atoms with Crippen molar-refractivity contribution in [1.29, 1.82) is 0 Å². The molecule has 0 aliphatic carbocycles. The van der Waals surface area contributed by atoms with Crippen LogP contribution in [0.3, 0.4) is 0 Å². The van der Waals surface area contributed by atoms with Crippen molar-refractivity contribution in [2.24, 2.45) is 0 Å². The fraction of sp³-hybridized carbons (Fsp3) is 0.412. The molecule has 108 valence electrons. The lowest BCUT2D eigenvalue weighted by Crippen LogP contribution is -2.43. The van der Waals surface area contributed by atoms with E-state index in [1.165, 1.54) is 20.9 Å². The molecule has 1 N–H and O–H groups in total. The maximum Gasteiger partial charge on any atom is 0.0683 e. The van der Waals surface area contributed by atoms with Crippen molar-refractivity contribution in [1.82, 2.24) is 5.32 Å². The van der Waals surface area contributed by atoms with Crippen LogP contribution < -0.4 is 5.32 Å². The SMILES string of the molecule is COC[C@](C)(NCc1cc(C)sc1C)c1ccccc1. The first-order chi connectivity index (χ1) is 9.55. The van der Waals surface area contributed by atoms with Gasteiger partial charge in [-0.3, -0.25) is 0 Å². The first-order valence-electron chi connectivity index (χ1n) is 6.90. The average Bonchev–Trinajstić information content (AvgIpc) is 2.76. The van der Waals surface area contributed by atoms with Gasteiger partial charge in [0, 0.05) is 23.4 Å². The third kappa shape index (κ3) is 3.48. The van der Waals surface area contributed by atoms with Crippen molar-refractivity contribution < 1.29 is 4.74 Å². The zero-order valence-corrected chi connectivity index (χ0v) is 13.5. The molecule has 1 heterocycles. The highest BCUT2D eigenvalue weighted by Crippen LogP contribution is 2.24. The minimum absolute atomic E-state index is 0.168. The zero-order valence-electron chi connectivity index (χ0n) is 12.7. The van der Waals surface area contributed by atoms with Gasteiger partial charge in [-0.1, -0.05) is 30.3 Å².